The third kappa shape index (κ3) is 4.05. The van der Waals surface area contributed by atoms with Crippen molar-refractivity contribution in [3.8, 4) is 0 Å². The molecule has 2 atom stereocenters. The lowest BCUT2D eigenvalue weighted by molar-refractivity contribution is -0.136. The van der Waals surface area contributed by atoms with Crippen LogP contribution in [0.25, 0.3) is 0 Å². The average molecular weight is 400 g/mol. The van der Waals surface area contributed by atoms with Gasteiger partial charge in [0.05, 0.1) is 0 Å². The van der Waals surface area contributed by atoms with Crippen LogP contribution >= 0.6 is 0 Å². The molecular weight excluding hydrogens is 372 g/mol. The van der Waals surface area contributed by atoms with Gasteiger partial charge in [-0.15, -0.1) is 0 Å². The Hall–Kier alpha value is -2.29. The summed E-state index contributed by atoms with van der Waals surface area (Å²) in [6.45, 7) is 3.75. The smallest absolute Gasteiger partial charge is 0.255 e. The largest absolute Gasteiger partial charge is 0.385 e. The maximum absolute atomic E-state index is 12.8. The number of hydrogen-bond donors (Lipinski definition) is 3. The SMILES string of the molecule is COCCC1(NCc2ccc3c(c2)CN(C2CCC(=O)NC2=O)C3=O)CCNC1. The van der Waals surface area contributed by atoms with Crippen molar-refractivity contribution in [2.45, 2.75) is 50.4 Å². The second kappa shape index (κ2) is 8.22. The Bertz CT molecular complexity index is 819. The Balaban J connectivity index is 1.43. The summed E-state index contributed by atoms with van der Waals surface area (Å²) in [7, 11) is 1.72. The molecule has 3 amide bonds. The summed E-state index contributed by atoms with van der Waals surface area (Å²) < 4.78 is 5.27. The molecule has 3 N–H and O–H groups in total. The molecule has 3 aliphatic rings. The van der Waals surface area contributed by atoms with E-state index in [1.165, 1.54) is 0 Å². The quantitative estimate of drug-likeness (QED) is 0.570. The number of hydrogen-bond acceptors (Lipinski definition) is 6. The van der Waals surface area contributed by atoms with Crippen LogP contribution in [0.1, 0.15) is 47.2 Å². The fourth-order valence-electron chi connectivity index (χ4n) is 4.52. The van der Waals surface area contributed by atoms with Gasteiger partial charge < -0.3 is 20.3 Å². The Kier molecular flexibility index (Phi) is 5.67. The lowest BCUT2D eigenvalue weighted by Crippen LogP contribution is -2.52. The van der Waals surface area contributed by atoms with Gasteiger partial charge in [-0.25, -0.2) is 0 Å². The highest BCUT2D eigenvalue weighted by Gasteiger charge is 2.39. The minimum absolute atomic E-state index is 0.0314. The molecule has 1 aromatic carbocycles. The summed E-state index contributed by atoms with van der Waals surface area (Å²) in [6.07, 6.45) is 2.66. The zero-order valence-corrected chi connectivity index (χ0v) is 16.8. The van der Waals surface area contributed by atoms with Crippen molar-refractivity contribution in [3.05, 3.63) is 34.9 Å². The van der Waals surface area contributed by atoms with Gasteiger partial charge >= 0.3 is 0 Å². The van der Waals surface area contributed by atoms with Gasteiger partial charge in [0.25, 0.3) is 5.91 Å². The van der Waals surface area contributed by atoms with E-state index in [-0.39, 0.29) is 29.7 Å². The molecule has 156 valence electrons. The number of piperidine rings is 1. The molecular formula is C21H28N4O4. The van der Waals surface area contributed by atoms with Crippen LogP contribution in [0, 0.1) is 0 Å². The lowest BCUT2D eigenvalue weighted by Gasteiger charge is -2.30. The molecule has 0 spiro atoms. The van der Waals surface area contributed by atoms with Crippen LogP contribution in [0.4, 0.5) is 0 Å². The topological polar surface area (TPSA) is 99.8 Å². The zero-order valence-electron chi connectivity index (χ0n) is 16.8. The Morgan fingerprint density at radius 2 is 2.17 bits per heavy atom. The maximum atomic E-state index is 12.8. The third-order valence-corrected chi connectivity index (χ3v) is 6.28. The van der Waals surface area contributed by atoms with Gasteiger partial charge in [-0.1, -0.05) is 12.1 Å². The number of carbonyl (C=O) groups excluding carboxylic acids is 3. The Morgan fingerprint density at radius 3 is 2.90 bits per heavy atom. The number of ether oxygens (including phenoxy) is 1. The fourth-order valence-corrected chi connectivity index (χ4v) is 4.52. The van der Waals surface area contributed by atoms with Gasteiger partial charge in [-0.3, -0.25) is 19.7 Å². The molecule has 0 bridgehead atoms. The minimum atomic E-state index is -0.573. The van der Waals surface area contributed by atoms with E-state index in [2.05, 4.69) is 22.0 Å². The summed E-state index contributed by atoms with van der Waals surface area (Å²) >= 11 is 0. The molecule has 29 heavy (non-hydrogen) atoms. The summed E-state index contributed by atoms with van der Waals surface area (Å²) in [6, 6.07) is 5.31. The molecule has 2 fully saturated rings. The predicted molar refractivity (Wildman–Crippen MR) is 106 cm³/mol. The fraction of sp³-hybridized carbons (Fsp3) is 0.571. The second-order valence-corrected chi connectivity index (χ2v) is 8.19. The van der Waals surface area contributed by atoms with Crippen molar-refractivity contribution in [2.24, 2.45) is 0 Å². The normalized spacial score (nSPS) is 26.7. The second-order valence-electron chi connectivity index (χ2n) is 8.19. The lowest BCUT2D eigenvalue weighted by atomic mass is 9.94. The van der Waals surface area contributed by atoms with E-state index in [0.717, 1.165) is 37.1 Å². The number of carbonyl (C=O) groups is 3. The number of rotatable bonds is 7. The van der Waals surface area contributed by atoms with Crippen LogP contribution in [0.5, 0.6) is 0 Å². The van der Waals surface area contributed by atoms with Crippen molar-refractivity contribution >= 4 is 17.7 Å². The number of benzene rings is 1. The van der Waals surface area contributed by atoms with E-state index < -0.39 is 6.04 Å². The van der Waals surface area contributed by atoms with E-state index in [4.69, 9.17) is 4.74 Å². The van der Waals surface area contributed by atoms with Crippen LogP contribution in [0.3, 0.4) is 0 Å². The monoisotopic (exact) mass is 400 g/mol. The standard InChI is InChI=1S/C21H28N4O4/c1-29-9-7-21(6-8-22-13-21)23-11-14-2-3-16-15(10-14)12-25(20(16)28)17-4-5-18(26)24-19(17)27/h2-3,10,17,22-23H,4-9,11-13H2,1H3,(H,24,26,27). The van der Waals surface area contributed by atoms with Gasteiger partial charge in [0, 0.05) is 50.9 Å². The van der Waals surface area contributed by atoms with Gasteiger partial charge in [-0.2, -0.15) is 0 Å². The van der Waals surface area contributed by atoms with Crippen LogP contribution in [0.2, 0.25) is 0 Å². The highest BCUT2D eigenvalue weighted by Crippen LogP contribution is 2.28. The summed E-state index contributed by atoms with van der Waals surface area (Å²) in [5, 5.41) is 9.46. The van der Waals surface area contributed by atoms with Crippen molar-refractivity contribution in [1.29, 1.82) is 0 Å². The molecule has 2 saturated heterocycles. The number of amides is 3. The van der Waals surface area contributed by atoms with Crippen LogP contribution < -0.4 is 16.0 Å². The third-order valence-electron chi connectivity index (χ3n) is 6.28. The highest BCUT2D eigenvalue weighted by molar-refractivity contribution is 6.05. The summed E-state index contributed by atoms with van der Waals surface area (Å²) in [5.74, 6) is -0.781. The van der Waals surface area contributed by atoms with Gasteiger partial charge in [0.2, 0.25) is 11.8 Å². The first-order valence-corrected chi connectivity index (χ1v) is 10.2. The van der Waals surface area contributed by atoms with E-state index in [1.807, 2.05) is 12.1 Å². The first-order valence-electron chi connectivity index (χ1n) is 10.2. The molecule has 3 heterocycles. The zero-order chi connectivity index (χ0) is 20.4. The molecule has 8 nitrogen and oxygen atoms in total. The number of nitrogens with zero attached hydrogens (tertiary/aromatic N) is 1. The molecule has 3 aliphatic heterocycles. The molecule has 4 rings (SSSR count). The summed E-state index contributed by atoms with van der Waals surface area (Å²) in [5.41, 5.74) is 2.73. The molecule has 0 aromatic heterocycles. The van der Waals surface area contributed by atoms with Gasteiger partial charge in [0.15, 0.2) is 0 Å². The number of imide groups is 1. The van der Waals surface area contributed by atoms with Crippen LogP contribution in [-0.2, 0) is 27.4 Å². The molecule has 0 radical (unpaired) electrons. The highest BCUT2D eigenvalue weighted by atomic mass is 16.5. The molecule has 8 heteroatoms. The van der Waals surface area contributed by atoms with E-state index in [9.17, 15) is 14.4 Å². The predicted octanol–water partition coefficient (Wildman–Crippen LogP) is 0.306. The molecule has 0 aliphatic carbocycles. The van der Waals surface area contributed by atoms with Crippen LogP contribution in [-0.4, -0.2) is 61.0 Å². The van der Waals surface area contributed by atoms with Crippen molar-refractivity contribution in [2.75, 3.05) is 26.8 Å². The average Bonchev–Trinajstić information content (AvgIpc) is 3.30. The number of fused-ring (bicyclic) bond motifs is 1. The Labute approximate surface area is 170 Å². The van der Waals surface area contributed by atoms with Crippen LogP contribution in [0.15, 0.2) is 18.2 Å². The van der Waals surface area contributed by atoms with E-state index in [1.54, 1.807) is 12.0 Å². The first kappa shape index (κ1) is 20.0. The molecule has 0 saturated carbocycles. The Morgan fingerprint density at radius 1 is 1.31 bits per heavy atom. The van der Waals surface area contributed by atoms with Crippen molar-refractivity contribution in [1.82, 2.24) is 20.9 Å². The molecule has 1 aromatic rings. The maximum Gasteiger partial charge on any atom is 0.255 e. The summed E-state index contributed by atoms with van der Waals surface area (Å²) in [4.78, 5) is 38.0. The van der Waals surface area contributed by atoms with E-state index in [0.29, 0.717) is 31.7 Å². The van der Waals surface area contributed by atoms with Gasteiger partial charge in [0.1, 0.15) is 6.04 Å². The first-order chi connectivity index (χ1) is 14.0. The van der Waals surface area contributed by atoms with Gasteiger partial charge in [-0.05, 0) is 43.0 Å². The number of methoxy groups -OCH3 is 1. The number of nitrogens with one attached hydrogen (secondary N) is 3. The van der Waals surface area contributed by atoms with Crippen molar-refractivity contribution < 1.29 is 19.1 Å². The van der Waals surface area contributed by atoms with E-state index >= 15 is 0 Å². The minimum Gasteiger partial charge on any atom is -0.385 e. The molecule has 2 unspecified atom stereocenters. The van der Waals surface area contributed by atoms with Crippen molar-refractivity contribution in [3.63, 3.8) is 0 Å².